The van der Waals surface area contributed by atoms with Crippen molar-refractivity contribution in [2.45, 2.75) is 38.7 Å². The SMILES string of the molecule is CCCCc1ccc(CC(Oc2cccc3ccccc23)C(=O)O)cc1. The van der Waals surface area contributed by atoms with Gasteiger partial charge in [0.05, 0.1) is 0 Å². The van der Waals surface area contributed by atoms with Gasteiger partial charge >= 0.3 is 5.97 Å². The van der Waals surface area contributed by atoms with E-state index in [1.54, 1.807) is 0 Å². The monoisotopic (exact) mass is 348 g/mol. The van der Waals surface area contributed by atoms with Gasteiger partial charge in [-0.2, -0.15) is 0 Å². The fourth-order valence-corrected chi connectivity index (χ4v) is 3.07. The molecule has 134 valence electrons. The van der Waals surface area contributed by atoms with Crippen LogP contribution < -0.4 is 4.74 Å². The number of carboxylic acid groups (broad SMARTS) is 1. The first kappa shape index (κ1) is 18.0. The minimum absolute atomic E-state index is 0.340. The maximum absolute atomic E-state index is 11.7. The number of unbranched alkanes of at least 4 members (excludes halogenated alkanes) is 1. The Morgan fingerprint density at radius 3 is 2.38 bits per heavy atom. The molecule has 3 aromatic carbocycles. The highest BCUT2D eigenvalue weighted by atomic mass is 16.5. The number of aliphatic carboxylic acids is 1. The molecule has 1 atom stereocenters. The Balaban J connectivity index is 1.76. The second-order valence-electron chi connectivity index (χ2n) is 6.55. The summed E-state index contributed by atoms with van der Waals surface area (Å²) in [6, 6.07) is 21.7. The Labute approximate surface area is 154 Å². The van der Waals surface area contributed by atoms with Crippen LogP contribution in [0.4, 0.5) is 0 Å². The van der Waals surface area contributed by atoms with Crippen LogP contribution in [0.15, 0.2) is 66.7 Å². The van der Waals surface area contributed by atoms with E-state index in [0.717, 1.165) is 22.8 Å². The van der Waals surface area contributed by atoms with Crippen molar-refractivity contribution in [1.82, 2.24) is 0 Å². The predicted octanol–water partition coefficient (Wildman–Crippen LogP) is 5.26. The second kappa shape index (κ2) is 8.52. The van der Waals surface area contributed by atoms with E-state index in [4.69, 9.17) is 4.74 Å². The van der Waals surface area contributed by atoms with Crippen molar-refractivity contribution in [2.75, 3.05) is 0 Å². The molecule has 3 heteroatoms. The predicted molar refractivity (Wildman–Crippen MR) is 105 cm³/mol. The van der Waals surface area contributed by atoms with Crippen LogP contribution in [0.1, 0.15) is 30.9 Å². The zero-order valence-corrected chi connectivity index (χ0v) is 15.0. The number of benzene rings is 3. The fourth-order valence-electron chi connectivity index (χ4n) is 3.07. The van der Waals surface area contributed by atoms with Crippen molar-refractivity contribution < 1.29 is 14.6 Å². The Hall–Kier alpha value is -2.81. The quantitative estimate of drug-likeness (QED) is 0.604. The third-order valence-corrected chi connectivity index (χ3v) is 4.56. The standard InChI is InChI=1S/C23H24O3/c1-2-3-7-17-12-14-18(15-13-17)16-22(23(24)25)26-21-11-6-9-19-8-4-5-10-20(19)21/h4-6,8-15,22H,2-3,7,16H2,1H3,(H,24,25). The van der Waals surface area contributed by atoms with E-state index in [-0.39, 0.29) is 0 Å². The van der Waals surface area contributed by atoms with E-state index in [0.29, 0.717) is 12.2 Å². The maximum atomic E-state index is 11.7. The van der Waals surface area contributed by atoms with Gasteiger partial charge in [-0.05, 0) is 35.4 Å². The smallest absolute Gasteiger partial charge is 0.345 e. The Kier molecular flexibility index (Phi) is 5.90. The van der Waals surface area contributed by atoms with Crippen molar-refractivity contribution >= 4 is 16.7 Å². The van der Waals surface area contributed by atoms with Crippen molar-refractivity contribution in [3.05, 3.63) is 77.9 Å². The lowest BCUT2D eigenvalue weighted by Crippen LogP contribution is -2.29. The molecular weight excluding hydrogens is 324 g/mol. The van der Waals surface area contributed by atoms with Gasteiger partial charge in [0.25, 0.3) is 0 Å². The molecule has 26 heavy (non-hydrogen) atoms. The molecule has 3 nitrogen and oxygen atoms in total. The van der Waals surface area contributed by atoms with Gasteiger partial charge in [0, 0.05) is 11.8 Å². The first-order chi connectivity index (χ1) is 12.7. The summed E-state index contributed by atoms with van der Waals surface area (Å²) in [6.45, 7) is 2.18. The van der Waals surface area contributed by atoms with E-state index in [1.807, 2.05) is 54.6 Å². The van der Waals surface area contributed by atoms with Crippen LogP contribution in [0.3, 0.4) is 0 Å². The number of aryl methyl sites for hydroxylation is 1. The number of carboxylic acids is 1. The van der Waals surface area contributed by atoms with Crippen LogP contribution >= 0.6 is 0 Å². The highest BCUT2D eigenvalue weighted by Crippen LogP contribution is 2.26. The normalized spacial score (nSPS) is 12.0. The molecule has 0 radical (unpaired) electrons. The van der Waals surface area contributed by atoms with Crippen LogP contribution in [0.2, 0.25) is 0 Å². The Morgan fingerprint density at radius 2 is 1.65 bits per heavy atom. The van der Waals surface area contributed by atoms with Crippen LogP contribution in [0.5, 0.6) is 5.75 Å². The highest BCUT2D eigenvalue weighted by molar-refractivity contribution is 5.88. The molecule has 0 aliphatic heterocycles. The number of rotatable bonds is 8. The third kappa shape index (κ3) is 4.42. The van der Waals surface area contributed by atoms with E-state index in [9.17, 15) is 9.90 Å². The summed E-state index contributed by atoms with van der Waals surface area (Å²) in [7, 11) is 0. The summed E-state index contributed by atoms with van der Waals surface area (Å²) in [5.41, 5.74) is 2.26. The summed E-state index contributed by atoms with van der Waals surface area (Å²) in [5, 5.41) is 11.6. The first-order valence-electron chi connectivity index (χ1n) is 9.12. The van der Waals surface area contributed by atoms with E-state index < -0.39 is 12.1 Å². The van der Waals surface area contributed by atoms with Gasteiger partial charge in [0.2, 0.25) is 0 Å². The van der Waals surface area contributed by atoms with Gasteiger partial charge < -0.3 is 9.84 Å². The molecule has 0 saturated carbocycles. The molecular formula is C23H24O3. The molecule has 0 amide bonds. The largest absolute Gasteiger partial charge is 0.478 e. The zero-order chi connectivity index (χ0) is 18.4. The molecule has 3 rings (SSSR count). The Bertz CT molecular complexity index is 863. The summed E-state index contributed by atoms with van der Waals surface area (Å²) < 4.78 is 5.89. The first-order valence-corrected chi connectivity index (χ1v) is 9.12. The number of ether oxygens (including phenoxy) is 1. The van der Waals surface area contributed by atoms with Crippen molar-refractivity contribution in [1.29, 1.82) is 0 Å². The number of carbonyl (C=O) groups is 1. The molecule has 3 aromatic rings. The average molecular weight is 348 g/mol. The van der Waals surface area contributed by atoms with Gasteiger partial charge in [-0.3, -0.25) is 0 Å². The third-order valence-electron chi connectivity index (χ3n) is 4.56. The maximum Gasteiger partial charge on any atom is 0.345 e. The summed E-state index contributed by atoms with van der Waals surface area (Å²) >= 11 is 0. The lowest BCUT2D eigenvalue weighted by atomic mass is 10.0. The molecule has 0 aromatic heterocycles. The van der Waals surface area contributed by atoms with E-state index >= 15 is 0 Å². The summed E-state index contributed by atoms with van der Waals surface area (Å²) in [5.74, 6) is -0.344. The van der Waals surface area contributed by atoms with Crippen LogP contribution in [-0.4, -0.2) is 17.2 Å². The van der Waals surface area contributed by atoms with E-state index in [2.05, 4.69) is 19.1 Å². The van der Waals surface area contributed by atoms with Crippen molar-refractivity contribution in [2.24, 2.45) is 0 Å². The van der Waals surface area contributed by atoms with E-state index in [1.165, 1.54) is 18.4 Å². The fraction of sp³-hybridized carbons (Fsp3) is 0.261. The zero-order valence-electron chi connectivity index (χ0n) is 15.0. The number of hydrogen-bond acceptors (Lipinski definition) is 2. The second-order valence-corrected chi connectivity index (χ2v) is 6.55. The van der Waals surface area contributed by atoms with Gasteiger partial charge in [-0.1, -0.05) is 74.0 Å². The van der Waals surface area contributed by atoms with Crippen molar-refractivity contribution in [3.8, 4) is 5.75 Å². The molecule has 1 unspecified atom stereocenters. The molecule has 0 bridgehead atoms. The topological polar surface area (TPSA) is 46.5 Å². The van der Waals surface area contributed by atoms with Gasteiger partial charge in [-0.15, -0.1) is 0 Å². The van der Waals surface area contributed by atoms with Gasteiger partial charge in [-0.25, -0.2) is 4.79 Å². The van der Waals surface area contributed by atoms with Crippen LogP contribution in [-0.2, 0) is 17.6 Å². The molecule has 0 spiro atoms. The minimum Gasteiger partial charge on any atom is -0.478 e. The molecule has 0 fully saturated rings. The number of hydrogen-bond donors (Lipinski definition) is 1. The van der Waals surface area contributed by atoms with Gasteiger partial charge in [0.15, 0.2) is 6.10 Å². The van der Waals surface area contributed by atoms with Crippen LogP contribution in [0.25, 0.3) is 10.8 Å². The average Bonchev–Trinajstić information content (AvgIpc) is 2.67. The molecule has 0 aliphatic rings. The molecule has 1 N–H and O–H groups in total. The van der Waals surface area contributed by atoms with Crippen molar-refractivity contribution in [3.63, 3.8) is 0 Å². The highest BCUT2D eigenvalue weighted by Gasteiger charge is 2.21. The number of fused-ring (bicyclic) bond motifs is 1. The lowest BCUT2D eigenvalue weighted by Gasteiger charge is -2.17. The summed E-state index contributed by atoms with van der Waals surface area (Å²) in [6.07, 6.45) is 2.82. The summed E-state index contributed by atoms with van der Waals surface area (Å²) in [4.78, 5) is 11.7. The molecule has 0 aliphatic carbocycles. The lowest BCUT2D eigenvalue weighted by molar-refractivity contribution is -0.144. The molecule has 0 saturated heterocycles. The minimum atomic E-state index is -0.951. The molecule has 0 heterocycles. The van der Waals surface area contributed by atoms with Gasteiger partial charge in [0.1, 0.15) is 5.75 Å². The van der Waals surface area contributed by atoms with Crippen LogP contribution in [0, 0.1) is 0 Å². The Morgan fingerprint density at radius 1 is 0.962 bits per heavy atom.